The lowest BCUT2D eigenvalue weighted by Crippen LogP contribution is -2.19. The van der Waals surface area contributed by atoms with Gasteiger partial charge in [-0.1, -0.05) is 37.1 Å². The van der Waals surface area contributed by atoms with Crippen LogP contribution in [0.15, 0.2) is 23.3 Å². The number of nitrogens with zero attached hydrogens (tertiary/aromatic N) is 1. The van der Waals surface area contributed by atoms with Gasteiger partial charge < -0.3 is 0 Å². The lowest BCUT2D eigenvalue weighted by molar-refractivity contribution is -0.121. The molecule has 3 nitrogen and oxygen atoms in total. The number of carbonyl (C=O) groups excluding carboxylic acids is 1. The number of hydrazone groups is 1. The Morgan fingerprint density at radius 2 is 2.06 bits per heavy atom. The van der Waals surface area contributed by atoms with Gasteiger partial charge in [-0.2, -0.15) is 5.10 Å². The van der Waals surface area contributed by atoms with Gasteiger partial charge in [0.25, 0.3) is 0 Å². The molecular weight excluding hydrogens is 224 g/mol. The van der Waals surface area contributed by atoms with Gasteiger partial charge in [0.15, 0.2) is 0 Å². The molecule has 0 aromatic heterocycles. The molecule has 0 fully saturated rings. The Morgan fingerprint density at radius 1 is 1.33 bits per heavy atom. The fourth-order valence-corrected chi connectivity index (χ4v) is 1.82. The number of aryl methyl sites for hydroxylation is 2. The number of benzene rings is 1. The van der Waals surface area contributed by atoms with Gasteiger partial charge in [-0.15, -0.1) is 0 Å². The third kappa shape index (κ3) is 4.32. The van der Waals surface area contributed by atoms with Crippen molar-refractivity contribution in [3.63, 3.8) is 0 Å². The molecule has 1 rings (SSSR count). The predicted molar refractivity (Wildman–Crippen MR) is 75.8 cm³/mol. The molecule has 98 valence electrons. The molecule has 0 aliphatic carbocycles. The summed E-state index contributed by atoms with van der Waals surface area (Å²) in [6.45, 7) is 8.10. The van der Waals surface area contributed by atoms with E-state index in [4.69, 9.17) is 0 Å². The van der Waals surface area contributed by atoms with Crippen LogP contribution in [0.3, 0.4) is 0 Å². The van der Waals surface area contributed by atoms with Crippen LogP contribution in [0.25, 0.3) is 0 Å². The van der Waals surface area contributed by atoms with Gasteiger partial charge in [-0.25, -0.2) is 5.43 Å². The van der Waals surface area contributed by atoms with E-state index in [9.17, 15) is 4.79 Å². The molecule has 0 heterocycles. The molecule has 3 heteroatoms. The van der Waals surface area contributed by atoms with Crippen LogP contribution in [0.2, 0.25) is 0 Å². The molecule has 0 aliphatic rings. The zero-order valence-corrected chi connectivity index (χ0v) is 11.7. The van der Waals surface area contributed by atoms with Crippen molar-refractivity contribution in [2.75, 3.05) is 0 Å². The van der Waals surface area contributed by atoms with Crippen molar-refractivity contribution in [3.05, 3.63) is 34.9 Å². The number of hydrogen-bond acceptors (Lipinski definition) is 2. The highest BCUT2D eigenvalue weighted by molar-refractivity contribution is 6.00. The van der Waals surface area contributed by atoms with E-state index in [1.54, 1.807) is 0 Å². The van der Waals surface area contributed by atoms with Crippen molar-refractivity contribution in [2.45, 2.75) is 47.0 Å². The van der Waals surface area contributed by atoms with E-state index in [2.05, 4.69) is 43.4 Å². The highest BCUT2D eigenvalue weighted by Crippen LogP contribution is 2.11. The van der Waals surface area contributed by atoms with E-state index < -0.39 is 0 Å². The third-order valence-corrected chi connectivity index (χ3v) is 2.88. The van der Waals surface area contributed by atoms with Gasteiger partial charge in [0.1, 0.15) is 0 Å². The van der Waals surface area contributed by atoms with Crippen molar-refractivity contribution in [1.29, 1.82) is 0 Å². The number of hydrogen-bond donors (Lipinski definition) is 1. The van der Waals surface area contributed by atoms with Crippen molar-refractivity contribution >= 4 is 11.6 Å². The Morgan fingerprint density at radius 3 is 2.67 bits per heavy atom. The van der Waals surface area contributed by atoms with E-state index in [0.29, 0.717) is 6.42 Å². The van der Waals surface area contributed by atoms with E-state index in [0.717, 1.165) is 24.1 Å². The first-order valence-corrected chi connectivity index (χ1v) is 6.45. The molecular formula is C15H22N2O. The lowest BCUT2D eigenvalue weighted by Gasteiger charge is -2.07. The van der Waals surface area contributed by atoms with Crippen LogP contribution < -0.4 is 5.43 Å². The molecule has 1 N–H and O–H groups in total. The van der Waals surface area contributed by atoms with Crippen molar-refractivity contribution in [3.8, 4) is 0 Å². The Balaban J connectivity index is 2.68. The number of rotatable bonds is 5. The summed E-state index contributed by atoms with van der Waals surface area (Å²) in [5.41, 5.74) is 6.94. The molecule has 0 saturated heterocycles. The first kappa shape index (κ1) is 14.4. The maximum Gasteiger partial charge on any atom is 0.240 e. The maximum atomic E-state index is 11.5. The first-order chi connectivity index (χ1) is 8.54. The van der Waals surface area contributed by atoms with Crippen molar-refractivity contribution in [1.82, 2.24) is 5.43 Å². The zero-order chi connectivity index (χ0) is 13.5. The molecule has 1 amide bonds. The molecule has 1 aromatic carbocycles. The lowest BCUT2D eigenvalue weighted by atomic mass is 10.0. The number of unbranched alkanes of at least 4 members (excludes halogenated alkanes) is 1. The summed E-state index contributed by atoms with van der Waals surface area (Å²) in [4.78, 5) is 11.5. The normalized spacial score (nSPS) is 11.4. The summed E-state index contributed by atoms with van der Waals surface area (Å²) in [6, 6.07) is 6.22. The minimum absolute atomic E-state index is 0.0130. The summed E-state index contributed by atoms with van der Waals surface area (Å²) in [5.74, 6) is -0.0130. The van der Waals surface area contributed by atoms with Crippen LogP contribution >= 0.6 is 0 Å². The Labute approximate surface area is 109 Å². The number of amides is 1. The first-order valence-electron chi connectivity index (χ1n) is 6.45. The number of nitrogens with one attached hydrogen (secondary N) is 1. The van der Waals surface area contributed by atoms with Gasteiger partial charge >= 0.3 is 0 Å². The van der Waals surface area contributed by atoms with Gasteiger partial charge in [-0.05, 0) is 32.8 Å². The Hall–Kier alpha value is -1.64. The van der Waals surface area contributed by atoms with E-state index >= 15 is 0 Å². The molecule has 0 bridgehead atoms. The fraction of sp³-hybridized carbons (Fsp3) is 0.467. The molecule has 0 radical (unpaired) electrons. The molecule has 0 aliphatic heterocycles. The quantitative estimate of drug-likeness (QED) is 0.628. The van der Waals surface area contributed by atoms with Gasteiger partial charge in [-0.3, -0.25) is 4.79 Å². The molecule has 0 spiro atoms. The highest BCUT2D eigenvalue weighted by atomic mass is 16.2. The summed E-state index contributed by atoms with van der Waals surface area (Å²) < 4.78 is 0. The van der Waals surface area contributed by atoms with Gasteiger partial charge in [0.2, 0.25) is 5.91 Å². The summed E-state index contributed by atoms with van der Waals surface area (Å²) in [7, 11) is 0. The Kier molecular flexibility index (Phi) is 5.56. The minimum Gasteiger partial charge on any atom is -0.273 e. The molecule has 0 atom stereocenters. The van der Waals surface area contributed by atoms with Crippen molar-refractivity contribution in [2.24, 2.45) is 5.10 Å². The smallest absolute Gasteiger partial charge is 0.240 e. The summed E-state index contributed by atoms with van der Waals surface area (Å²) >= 11 is 0. The maximum absolute atomic E-state index is 11.5. The predicted octanol–water partition coefficient (Wildman–Crippen LogP) is 3.33. The van der Waals surface area contributed by atoms with Crippen LogP contribution in [0.1, 0.15) is 49.8 Å². The number of carbonyl (C=O) groups is 1. The molecule has 0 saturated carbocycles. The SMILES string of the molecule is CCCCC(=O)N/N=C(\C)c1ccc(C)cc1C. The molecule has 18 heavy (non-hydrogen) atoms. The van der Waals surface area contributed by atoms with E-state index in [1.165, 1.54) is 11.1 Å². The third-order valence-electron chi connectivity index (χ3n) is 2.88. The Bertz CT molecular complexity index is 450. The van der Waals surface area contributed by atoms with Gasteiger partial charge in [0.05, 0.1) is 5.71 Å². The van der Waals surface area contributed by atoms with E-state index in [-0.39, 0.29) is 5.91 Å². The second kappa shape index (κ2) is 6.94. The monoisotopic (exact) mass is 246 g/mol. The zero-order valence-electron chi connectivity index (χ0n) is 11.7. The standard InChI is InChI=1S/C15H22N2O/c1-5-6-7-15(18)17-16-13(4)14-9-8-11(2)10-12(14)3/h8-10H,5-7H2,1-4H3,(H,17,18)/b16-13+. The molecule has 0 unspecified atom stereocenters. The van der Waals surface area contributed by atoms with Gasteiger partial charge in [0, 0.05) is 12.0 Å². The topological polar surface area (TPSA) is 41.5 Å². The largest absolute Gasteiger partial charge is 0.273 e. The average molecular weight is 246 g/mol. The van der Waals surface area contributed by atoms with E-state index in [1.807, 2.05) is 13.0 Å². The fourth-order valence-electron chi connectivity index (χ4n) is 1.82. The average Bonchev–Trinajstić information content (AvgIpc) is 2.33. The van der Waals surface area contributed by atoms with Crippen LogP contribution in [0.5, 0.6) is 0 Å². The minimum atomic E-state index is -0.0130. The summed E-state index contributed by atoms with van der Waals surface area (Å²) in [6.07, 6.45) is 2.47. The summed E-state index contributed by atoms with van der Waals surface area (Å²) in [5, 5.41) is 4.15. The van der Waals surface area contributed by atoms with Crippen molar-refractivity contribution < 1.29 is 4.79 Å². The highest BCUT2D eigenvalue weighted by Gasteiger charge is 2.03. The van der Waals surface area contributed by atoms with Crippen LogP contribution in [-0.4, -0.2) is 11.6 Å². The second-order valence-electron chi connectivity index (χ2n) is 4.65. The van der Waals surface area contributed by atoms with Crippen LogP contribution in [0, 0.1) is 13.8 Å². The second-order valence-corrected chi connectivity index (χ2v) is 4.65. The molecule has 1 aromatic rings. The van der Waals surface area contributed by atoms with Crippen LogP contribution in [0.4, 0.5) is 0 Å². The van der Waals surface area contributed by atoms with Crippen LogP contribution in [-0.2, 0) is 4.79 Å².